The van der Waals surface area contributed by atoms with E-state index in [-0.39, 0.29) is 5.96 Å². The molecule has 0 atom stereocenters. The molecule has 6 heteroatoms. The first-order valence-electron chi connectivity index (χ1n) is 4.91. The lowest BCUT2D eigenvalue weighted by Gasteiger charge is -2.11. The van der Waals surface area contributed by atoms with Crippen LogP contribution in [0.5, 0.6) is 0 Å². The smallest absolute Gasteiger partial charge is 0.318 e. The Kier molecular flexibility index (Phi) is 4.26. The van der Waals surface area contributed by atoms with Crippen LogP contribution in [-0.4, -0.2) is 24.0 Å². The number of urea groups is 1. The Morgan fingerprint density at radius 2 is 2.38 bits per heavy atom. The molecule has 0 aliphatic carbocycles. The maximum absolute atomic E-state index is 10.7. The number of aromatic nitrogens is 1. The van der Waals surface area contributed by atoms with E-state index in [2.05, 4.69) is 20.6 Å². The van der Waals surface area contributed by atoms with Crippen LogP contribution in [-0.2, 0) is 6.42 Å². The van der Waals surface area contributed by atoms with Gasteiger partial charge in [0.1, 0.15) is 5.82 Å². The lowest BCUT2D eigenvalue weighted by molar-refractivity contribution is 0.253. The zero-order chi connectivity index (χ0) is 12.0. The molecule has 1 heterocycles. The SMILES string of the molecule is CCc1cccnc1NC(=NC)NC(N)=O. The van der Waals surface area contributed by atoms with Gasteiger partial charge in [-0.2, -0.15) is 0 Å². The quantitative estimate of drug-likeness (QED) is 0.507. The Hall–Kier alpha value is -2.11. The molecule has 0 bridgehead atoms. The van der Waals surface area contributed by atoms with E-state index in [1.54, 1.807) is 13.2 Å². The van der Waals surface area contributed by atoms with E-state index in [0.717, 1.165) is 12.0 Å². The second-order valence-electron chi connectivity index (χ2n) is 3.05. The van der Waals surface area contributed by atoms with E-state index < -0.39 is 6.03 Å². The number of guanidine groups is 1. The average molecular weight is 221 g/mol. The van der Waals surface area contributed by atoms with Crippen LogP contribution in [0, 0.1) is 0 Å². The summed E-state index contributed by atoms with van der Waals surface area (Å²) in [5, 5.41) is 5.27. The van der Waals surface area contributed by atoms with Crippen molar-refractivity contribution < 1.29 is 4.79 Å². The van der Waals surface area contributed by atoms with Crippen molar-refractivity contribution in [2.24, 2.45) is 10.7 Å². The number of nitrogens with two attached hydrogens (primary N) is 1. The van der Waals surface area contributed by atoms with Crippen LogP contribution >= 0.6 is 0 Å². The number of hydrogen-bond donors (Lipinski definition) is 3. The Labute approximate surface area is 94.0 Å². The average Bonchev–Trinajstić information content (AvgIpc) is 2.28. The molecule has 0 aromatic carbocycles. The van der Waals surface area contributed by atoms with Gasteiger partial charge in [0.05, 0.1) is 0 Å². The van der Waals surface area contributed by atoms with Crippen molar-refractivity contribution in [1.29, 1.82) is 0 Å². The molecular formula is C10H15N5O. The Bertz CT molecular complexity index is 402. The maximum atomic E-state index is 10.7. The number of anilines is 1. The predicted octanol–water partition coefficient (Wildman–Crippen LogP) is 0.710. The van der Waals surface area contributed by atoms with Crippen LogP contribution in [0.2, 0.25) is 0 Å². The molecule has 0 aliphatic heterocycles. The van der Waals surface area contributed by atoms with Crippen molar-refractivity contribution in [1.82, 2.24) is 10.3 Å². The lowest BCUT2D eigenvalue weighted by Crippen LogP contribution is -2.39. The van der Waals surface area contributed by atoms with Crippen LogP contribution in [0.15, 0.2) is 23.3 Å². The predicted molar refractivity (Wildman–Crippen MR) is 63.3 cm³/mol. The fourth-order valence-electron chi connectivity index (χ4n) is 1.21. The van der Waals surface area contributed by atoms with Crippen molar-refractivity contribution in [3.63, 3.8) is 0 Å². The summed E-state index contributed by atoms with van der Waals surface area (Å²) < 4.78 is 0. The number of carbonyl (C=O) groups excluding carboxylic acids is 1. The number of aryl methyl sites for hydroxylation is 1. The van der Waals surface area contributed by atoms with Crippen LogP contribution in [0.4, 0.5) is 10.6 Å². The highest BCUT2D eigenvalue weighted by atomic mass is 16.2. The fourth-order valence-corrected chi connectivity index (χ4v) is 1.21. The topological polar surface area (TPSA) is 92.4 Å². The molecule has 2 amide bonds. The van der Waals surface area contributed by atoms with E-state index in [0.29, 0.717) is 5.82 Å². The molecule has 0 saturated heterocycles. The van der Waals surface area contributed by atoms with Crippen molar-refractivity contribution in [2.45, 2.75) is 13.3 Å². The number of hydrogen-bond acceptors (Lipinski definition) is 3. The van der Waals surface area contributed by atoms with E-state index in [1.807, 2.05) is 19.1 Å². The van der Waals surface area contributed by atoms with Crippen LogP contribution < -0.4 is 16.4 Å². The molecule has 1 aromatic rings. The van der Waals surface area contributed by atoms with E-state index in [9.17, 15) is 4.79 Å². The third-order valence-corrected chi connectivity index (χ3v) is 1.97. The lowest BCUT2D eigenvalue weighted by atomic mass is 10.2. The summed E-state index contributed by atoms with van der Waals surface area (Å²) in [5.41, 5.74) is 6.04. The number of amides is 2. The summed E-state index contributed by atoms with van der Waals surface area (Å²) in [6.45, 7) is 2.02. The summed E-state index contributed by atoms with van der Waals surface area (Å²) in [4.78, 5) is 18.7. The number of nitrogens with one attached hydrogen (secondary N) is 2. The standard InChI is InChI=1S/C10H15N5O/c1-3-7-5-4-6-13-8(7)14-10(12-2)15-9(11)16/h4-6H,3H2,1-2H3,(H4,11,12,13,14,15,16). The molecule has 0 aliphatic rings. The third kappa shape index (κ3) is 3.23. The number of primary amides is 1. The largest absolute Gasteiger partial charge is 0.351 e. The van der Waals surface area contributed by atoms with Crippen molar-refractivity contribution in [3.05, 3.63) is 23.9 Å². The van der Waals surface area contributed by atoms with Gasteiger partial charge in [-0.05, 0) is 18.1 Å². The number of rotatable bonds is 2. The monoisotopic (exact) mass is 221 g/mol. The van der Waals surface area contributed by atoms with Crippen molar-refractivity contribution in [2.75, 3.05) is 12.4 Å². The minimum absolute atomic E-state index is 0.279. The number of aliphatic imine (C=N–C) groups is 1. The zero-order valence-corrected chi connectivity index (χ0v) is 9.32. The first-order valence-corrected chi connectivity index (χ1v) is 4.91. The van der Waals surface area contributed by atoms with Gasteiger partial charge in [-0.25, -0.2) is 9.78 Å². The molecule has 0 radical (unpaired) electrons. The number of carbonyl (C=O) groups is 1. The normalized spacial score (nSPS) is 11.0. The van der Waals surface area contributed by atoms with Crippen molar-refractivity contribution in [3.8, 4) is 0 Å². The van der Waals surface area contributed by atoms with Gasteiger partial charge in [0.15, 0.2) is 0 Å². The van der Waals surface area contributed by atoms with Gasteiger partial charge in [0.2, 0.25) is 5.96 Å². The van der Waals surface area contributed by atoms with Crippen molar-refractivity contribution >= 4 is 17.8 Å². The Morgan fingerprint density at radius 1 is 1.62 bits per heavy atom. The molecular weight excluding hydrogens is 206 g/mol. The maximum Gasteiger partial charge on any atom is 0.318 e. The first-order chi connectivity index (χ1) is 7.67. The summed E-state index contributed by atoms with van der Waals surface area (Å²) in [7, 11) is 1.55. The highest BCUT2D eigenvalue weighted by molar-refractivity contribution is 6.02. The highest BCUT2D eigenvalue weighted by Crippen LogP contribution is 2.11. The highest BCUT2D eigenvalue weighted by Gasteiger charge is 2.05. The number of nitrogens with zero attached hydrogens (tertiary/aromatic N) is 2. The summed E-state index contributed by atoms with van der Waals surface area (Å²) in [6, 6.07) is 3.14. The molecule has 1 aromatic heterocycles. The minimum atomic E-state index is -0.665. The van der Waals surface area contributed by atoms with Gasteiger partial charge in [-0.3, -0.25) is 10.3 Å². The van der Waals surface area contributed by atoms with Gasteiger partial charge in [-0.15, -0.1) is 0 Å². The molecule has 4 N–H and O–H groups in total. The van der Waals surface area contributed by atoms with Gasteiger partial charge < -0.3 is 11.1 Å². The summed E-state index contributed by atoms with van der Waals surface area (Å²) in [6.07, 6.45) is 2.50. The van der Waals surface area contributed by atoms with Gasteiger partial charge in [0, 0.05) is 13.2 Å². The number of pyridine rings is 1. The second kappa shape index (κ2) is 5.69. The molecule has 0 spiro atoms. The second-order valence-corrected chi connectivity index (χ2v) is 3.05. The minimum Gasteiger partial charge on any atom is -0.351 e. The molecule has 1 rings (SSSR count). The summed E-state index contributed by atoms with van der Waals surface area (Å²) >= 11 is 0. The van der Waals surface area contributed by atoms with Gasteiger partial charge in [-0.1, -0.05) is 13.0 Å². The molecule has 0 fully saturated rings. The van der Waals surface area contributed by atoms with E-state index >= 15 is 0 Å². The third-order valence-electron chi connectivity index (χ3n) is 1.97. The Balaban J connectivity index is 2.82. The molecule has 0 saturated carbocycles. The van der Waals surface area contributed by atoms with Crippen LogP contribution in [0.3, 0.4) is 0 Å². The molecule has 0 unspecified atom stereocenters. The first kappa shape index (κ1) is 12.0. The Morgan fingerprint density at radius 3 is 2.94 bits per heavy atom. The molecule has 6 nitrogen and oxygen atoms in total. The molecule has 86 valence electrons. The summed E-state index contributed by atoms with van der Waals surface area (Å²) in [5.74, 6) is 0.945. The van der Waals surface area contributed by atoms with Gasteiger partial charge in [0.25, 0.3) is 0 Å². The van der Waals surface area contributed by atoms with Crippen LogP contribution in [0.25, 0.3) is 0 Å². The van der Waals surface area contributed by atoms with E-state index in [1.165, 1.54) is 0 Å². The zero-order valence-electron chi connectivity index (χ0n) is 9.32. The van der Waals surface area contributed by atoms with Crippen LogP contribution in [0.1, 0.15) is 12.5 Å². The molecule has 16 heavy (non-hydrogen) atoms. The van der Waals surface area contributed by atoms with E-state index in [4.69, 9.17) is 5.73 Å². The fraction of sp³-hybridized carbons (Fsp3) is 0.300. The van der Waals surface area contributed by atoms with Gasteiger partial charge >= 0.3 is 6.03 Å².